The largest absolute Gasteiger partial charge is 0.493 e. The molecule has 0 bridgehead atoms. The maximum atomic E-state index is 12.7. The van der Waals surface area contributed by atoms with Crippen molar-refractivity contribution in [2.24, 2.45) is 5.92 Å². The lowest BCUT2D eigenvalue weighted by molar-refractivity contribution is -0.132. The zero-order chi connectivity index (χ0) is 24.5. The van der Waals surface area contributed by atoms with Crippen LogP contribution in [0.2, 0.25) is 5.02 Å². The van der Waals surface area contributed by atoms with Gasteiger partial charge in [-0.3, -0.25) is 9.59 Å². The quantitative estimate of drug-likeness (QED) is 0.552. The molecular formula is C26H34ClN3O4. The Bertz CT molecular complexity index is 976. The van der Waals surface area contributed by atoms with Crippen LogP contribution in [0, 0.1) is 5.92 Å². The van der Waals surface area contributed by atoms with Gasteiger partial charge >= 0.3 is 0 Å². The highest BCUT2D eigenvalue weighted by Crippen LogP contribution is 2.27. The number of methoxy groups -OCH3 is 2. The van der Waals surface area contributed by atoms with E-state index in [1.165, 1.54) is 0 Å². The topological polar surface area (TPSA) is 71.1 Å². The zero-order valence-electron chi connectivity index (χ0n) is 20.2. The molecule has 1 aliphatic heterocycles. The van der Waals surface area contributed by atoms with E-state index < -0.39 is 0 Å². The molecule has 0 saturated carbocycles. The fourth-order valence-electron chi connectivity index (χ4n) is 4.16. The van der Waals surface area contributed by atoms with Crippen molar-refractivity contribution in [2.75, 3.05) is 51.8 Å². The number of carbonyl (C=O) groups excluding carboxylic acids is 2. The molecule has 0 spiro atoms. The zero-order valence-corrected chi connectivity index (χ0v) is 20.9. The molecule has 1 saturated heterocycles. The highest BCUT2D eigenvalue weighted by Gasteiger charge is 2.23. The SMILES string of the molecule is COc1ccc(CCNC(=O)C[C@@H](C)CC(=O)N2CCN(c3cccc(Cl)c3)CC2)cc1OC. The fraction of sp³-hybridized carbons (Fsp3) is 0.462. The van der Waals surface area contributed by atoms with Gasteiger partial charge in [0.25, 0.3) is 0 Å². The normalized spacial score (nSPS) is 14.5. The smallest absolute Gasteiger partial charge is 0.222 e. The number of hydrogen-bond acceptors (Lipinski definition) is 5. The van der Waals surface area contributed by atoms with Crippen LogP contribution in [-0.4, -0.2) is 63.7 Å². The molecule has 184 valence electrons. The number of halogens is 1. The Hall–Kier alpha value is -2.93. The Morgan fingerprint density at radius 3 is 2.41 bits per heavy atom. The Morgan fingerprint density at radius 1 is 1.00 bits per heavy atom. The lowest BCUT2D eigenvalue weighted by atomic mass is 10.0. The van der Waals surface area contributed by atoms with Crippen molar-refractivity contribution in [1.82, 2.24) is 10.2 Å². The average Bonchev–Trinajstić information content (AvgIpc) is 2.83. The number of nitrogens with zero attached hydrogens (tertiary/aromatic N) is 2. The van der Waals surface area contributed by atoms with Gasteiger partial charge in [0, 0.05) is 56.3 Å². The summed E-state index contributed by atoms with van der Waals surface area (Å²) in [7, 11) is 3.20. The summed E-state index contributed by atoms with van der Waals surface area (Å²) in [6.45, 7) is 5.38. The van der Waals surface area contributed by atoms with Gasteiger partial charge in [0.15, 0.2) is 11.5 Å². The second-order valence-electron chi connectivity index (χ2n) is 8.65. The highest BCUT2D eigenvalue weighted by atomic mass is 35.5. The van der Waals surface area contributed by atoms with Gasteiger partial charge in [-0.15, -0.1) is 0 Å². The number of ether oxygens (including phenoxy) is 2. The molecule has 0 aliphatic carbocycles. The minimum atomic E-state index is -0.0356. The van der Waals surface area contributed by atoms with Crippen LogP contribution in [0.15, 0.2) is 42.5 Å². The molecule has 7 nitrogen and oxygen atoms in total. The fourth-order valence-corrected chi connectivity index (χ4v) is 4.34. The molecule has 8 heteroatoms. The van der Waals surface area contributed by atoms with Crippen molar-refractivity contribution in [3.63, 3.8) is 0 Å². The lowest BCUT2D eigenvalue weighted by Crippen LogP contribution is -2.49. The minimum absolute atomic E-state index is 0.0143. The first-order valence-electron chi connectivity index (χ1n) is 11.7. The van der Waals surface area contributed by atoms with Gasteiger partial charge in [-0.05, 0) is 48.2 Å². The Balaban J connectivity index is 1.36. The standard InChI is InChI=1S/C26H34ClN3O4/c1-19(15-25(31)28-10-9-20-7-8-23(33-2)24(17-20)34-3)16-26(32)30-13-11-29(12-14-30)22-6-4-5-21(27)18-22/h4-8,17-19H,9-16H2,1-3H3,(H,28,31)/t19-/m1/s1. The Morgan fingerprint density at radius 2 is 1.74 bits per heavy atom. The van der Waals surface area contributed by atoms with Crippen molar-refractivity contribution in [3.8, 4) is 11.5 Å². The summed E-state index contributed by atoms with van der Waals surface area (Å²) < 4.78 is 10.6. The lowest BCUT2D eigenvalue weighted by Gasteiger charge is -2.36. The number of hydrogen-bond donors (Lipinski definition) is 1. The van der Waals surface area contributed by atoms with E-state index in [4.69, 9.17) is 21.1 Å². The number of nitrogens with one attached hydrogen (secondary N) is 1. The molecule has 0 unspecified atom stereocenters. The number of anilines is 1. The van der Waals surface area contributed by atoms with Crippen molar-refractivity contribution >= 4 is 29.1 Å². The molecule has 1 fully saturated rings. The van der Waals surface area contributed by atoms with E-state index in [1.54, 1.807) is 14.2 Å². The monoisotopic (exact) mass is 487 g/mol. The summed E-state index contributed by atoms with van der Waals surface area (Å²) in [5.74, 6) is 1.41. The van der Waals surface area contributed by atoms with Gasteiger partial charge in [-0.1, -0.05) is 30.7 Å². The van der Waals surface area contributed by atoms with Crippen molar-refractivity contribution in [1.29, 1.82) is 0 Å². The van der Waals surface area contributed by atoms with Crippen LogP contribution in [0.5, 0.6) is 11.5 Å². The van der Waals surface area contributed by atoms with Crippen molar-refractivity contribution in [2.45, 2.75) is 26.2 Å². The molecular weight excluding hydrogens is 454 g/mol. The molecule has 34 heavy (non-hydrogen) atoms. The van der Waals surface area contributed by atoms with E-state index in [0.717, 1.165) is 24.3 Å². The van der Waals surface area contributed by atoms with Crippen LogP contribution in [0.1, 0.15) is 25.3 Å². The summed E-state index contributed by atoms with van der Waals surface area (Å²) in [5.41, 5.74) is 2.14. The number of rotatable bonds is 10. The molecule has 3 rings (SSSR count). The molecule has 2 aromatic rings. The van der Waals surface area contributed by atoms with Crippen LogP contribution >= 0.6 is 11.6 Å². The van der Waals surface area contributed by atoms with Crippen LogP contribution in [0.3, 0.4) is 0 Å². The molecule has 1 heterocycles. The second kappa shape index (κ2) is 12.5. The van der Waals surface area contributed by atoms with Gasteiger partial charge < -0.3 is 24.6 Å². The summed E-state index contributed by atoms with van der Waals surface area (Å²) in [6.07, 6.45) is 1.40. The molecule has 2 amide bonds. The second-order valence-corrected chi connectivity index (χ2v) is 9.09. The predicted molar refractivity (Wildman–Crippen MR) is 135 cm³/mol. The summed E-state index contributed by atoms with van der Waals surface area (Å²) in [4.78, 5) is 29.2. The van der Waals surface area contributed by atoms with E-state index in [9.17, 15) is 9.59 Å². The molecule has 1 atom stereocenters. The molecule has 2 aromatic carbocycles. The first-order chi connectivity index (χ1) is 16.4. The molecule has 0 aromatic heterocycles. The third-order valence-electron chi connectivity index (χ3n) is 6.05. The Labute approximate surface area is 207 Å². The van der Waals surface area contributed by atoms with Crippen molar-refractivity contribution in [3.05, 3.63) is 53.1 Å². The van der Waals surface area contributed by atoms with Crippen LogP contribution in [0.4, 0.5) is 5.69 Å². The Kier molecular flexibility index (Phi) is 9.45. The van der Waals surface area contributed by atoms with Crippen LogP contribution < -0.4 is 19.7 Å². The minimum Gasteiger partial charge on any atom is -0.493 e. The number of amides is 2. The van der Waals surface area contributed by atoms with E-state index in [1.807, 2.05) is 54.3 Å². The van der Waals surface area contributed by atoms with Crippen LogP contribution in [0.25, 0.3) is 0 Å². The molecule has 0 radical (unpaired) electrons. The number of piperazine rings is 1. The van der Waals surface area contributed by atoms with E-state index in [-0.39, 0.29) is 17.7 Å². The highest BCUT2D eigenvalue weighted by molar-refractivity contribution is 6.30. The molecule has 1 aliphatic rings. The molecule has 1 N–H and O–H groups in total. The first-order valence-corrected chi connectivity index (χ1v) is 12.0. The van der Waals surface area contributed by atoms with Gasteiger partial charge in [0.2, 0.25) is 11.8 Å². The van der Waals surface area contributed by atoms with E-state index >= 15 is 0 Å². The number of benzene rings is 2. The van der Waals surface area contributed by atoms with E-state index in [0.29, 0.717) is 55.4 Å². The van der Waals surface area contributed by atoms with Crippen molar-refractivity contribution < 1.29 is 19.1 Å². The van der Waals surface area contributed by atoms with Gasteiger partial charge in [0.05, 0.1) is 14.2 Å². The van der Waals surface area contributed by atoms with E-state index in [2.05, 4.69) is 10.2 Å². The van der Waals surface area contributed by atoms with Crippen LogP contribution in [-0.2, 0) is 16.0 Å². The maximum absolute atomic E-state index is 12.7. The average molecular weight is 488 g/mol. The summed E-state index contributed by atoms with van der Waals surface area (Å²) >= 11 is 6.09. The predicted octanol–water partition coefficient (Wildman–Crippen LogP) is 3.78. The maximum Gasteiger partial charge on any atom is 0.222 e. The summed E-state index contributed by atoms with van der Waals surface area (Å²) in [5, 5.41) is 3.67. The first kappa shape index (κ1) is 25.7. The third kappa shape index (κ3) is 7.29. The van der Waals surface area contributed by atoms with Gasteiger partial charge in [-0.2, -0.15) is 0 Å². The van der Waals surface area contributed by atoms with Gasteiger partial charge in [0.1, 0.15) is 0 Å². The number of carbonyl (C=O) groups is 2. The summed E-state index contributed by atoms with van der Waals surface area (Å²) in [6, 6.07) is 13.5. The third-order valence-corrected chi connectivity index (χ3v) is 6.28. The van der Waals surface area contributed by atoms with Gasteiger partial charge in [-0.25, -0.2) is 0 Å².